The van der Waals surface area contributed by atoms with E-state index in [2.05, 4.69) is 47.7 Å². The van der Waals surface area contributed by atoms with Crippen molar-refractivity contribution >= 4 is 0 Å². The van der Waals surface area contributed by atoms with Crippen LogP contribution < -0.4 is 0 Å². The number of hydrogen-bond donors (Lipinski definition) is 0. The standard InChI is InChI=1S/C17H22N/c1-3-8-15(9-4-1)14-17(16-10-7-11-16)18-12-5-2-6-13-18/h1-4,8-10,17H,5-7,11-14H2. The third kappa shape index (κ3) is 2.67. The summed E-state index contributed by atoms with van der Waals surface area (Å²) < 4.78 is 0. The van der Waals surface area contributed by atoms with E-state index >= 15 is 0 Å². The van der Waals surface area contributed by atoms with Crippen LogP contribution in [0.5, 0.6) is 0 Å². The second-order valence-corrected chi connectivity index (χ2v) is 5.43. The van der Waals surface area contributed by atoms with E-state index in [0.29, 0.717) is 6.04 Å². The van der Waals surface area contributed by atoms with E-state index in [1.165, 1.54) is 50.8 Å². The maximum atomic E-state index is 2.69. The van der Waals surface area contributed by atoms with Crippen LogP contribution in [0, 0.1) is 6.42 Å². The maximum Gasteiger partial charge on any atom is 0.0348 e. The molecule has 95 valence electrons. The maximum absolute atomic E-state index is 2.69. The Kier molecular flexibility index (Phi) is 3.80. The van der Waals surface area contributed by atoms with Gasteiger partial charge in [0.15, 0.2) is 0 Å². The van der Waals surface area contributed by atoms with Crippen LogP contribution in [-0.4, -0.2) is 24.0 Å². The van der Waals surface area contributed by atoms with Gasteiger partial charge in [-0.2, -0.15) is 0 Å². The Morgan fingerprint density at radius 2 is 1.72 bits per heavy atom. The fourth-order valence-corrected chi connectivity index (χ4v) is 3.03. The van der Waals surface area contributed by atoms with Gasteiger partial charge in [0, 0.05) is 6.04 Å². The summed E-state index contributed by atoms with van der Waals surface area (Å²) in [6.07, 6.45) is 11.2. The first kappa shape index (κ1) is 12.0. The minimum Gasteiger partial charge on any atom is -0.296 e. The van der Waals surface area contributed by atoms with Crippen molar-refractivity contribution in [3.8, 4) is 0 Å². The molecule has 1 heteroatoms. The summed E-state index contributed by atoms with van der Waals surface area (Å²) in [7, 11) is 0. The van der Waals surface area contributed by atoms with E-state index in [1.807, 2.05) is 0 Å². The smallest absolute Gasteiger partial charge is 0.0348 e. The quantitative estimate of drug-likeness (QED) is 0.727. The normalized spacial score (nSPS) is 22.1. The molecule has 1 nitrogen and oxygen atoms in total. The lowest BCUT2D eigenvalue weighted by Gasteiger charge is -2.38. The summed E-state index contributed by atoms with van der Waals surface area (Å²) >= 11 is 0. The molecule has 18 heavy (non-hydrogen) atoms. The van der Waals surface area contributed by atoms with Crippen LogP contribution in [0.3, 0.4) is 0 Å². The molecule has 0 amide bonds. The zero-order valence-corrected chi connectivity index (χ0v) is 11.0. The average molecular weight is 240 g/mol. The van der Waals surface area contributed by atoms with Crippen LogP contribution in [0.25, 0.3) is 0 Å². The number of nitrogens with zero attached hydrogens (tertiary/aromatic N) is 1. The molecule has 1 saturated heterocycles. The number of allylic oxidation sites excluding steroid dienone is 1. The molecule has 0 N–H and O–H groups in total. The van der Waals surface area contributed by atoms with Crippen molar-refractivity contribution in [3.63, 3.8) is 0 Å². The Morgan fingerprint density at radius 1 is 1.00 bits per heavy atom. The number of hydrogen-bond acceptors (Lipinski definition) is 1. The molecule has 2 aliphatic rings. The van der Waals surface area contributed by atoms with Gasteiger partial charge in [-0.3, -0.25) is 4.90 Å². The predicted octanol–water partition coefficient (Wildman–Crippen LogP) is 3.62. The van der Waals surface area contributed by atoms with Crippen LogP contribution in [-0.2, 0) is 6.42 Å². The van der Waals surface area contributed by atoms with E-state index in [9.17, 15) is 0 Å². The summed E-state index contributed by atoms with van der Waals surface area (Å²) in [5.74, 6) is 0. The van der Waals surface area contributed by atoms with Crippen LogP contribution in [0.15, 0.2) is 42.0 Å². The fourth-order valence-electron chi connectivity index (χ4n) is 3.03. The lowest BCUT2D eigenvalue weighted by Crippen LogP contribution is -2.42. The van der Waals surface area contributed by atoms with Crippen LogP contribution >= 0.6 is 0 Å². The summed E-state index contributed by atoms with van der Waals surface area (Å²) in [6, 6.07) is 11.6. The van der Waals surface area contributed by atoms with Gasteiger partial charge < -0.3 is 0 Å². The third-order valence-electron chi connectivity index (χ3n) is 4.22. The molecule has 1 aliphatic heterocycles. The molecule has 1 fully saturated rings. The van der Waals surface area contributed by atoms with Crippen LogP contribution in [0.1, 0.15) is 31.2 Å². The van der Waals surface area contributed by atoms with Gasteiger partial charge in [0.25, 0.3) is 0 Å². The van der Waals surface area contributed by atoms with E-state index < -0.39 is 0 Å². The molecular weight excluding hydrogens is 218 g/mol. The van der Waals surface area contributed by atoms with E-state index in [4.69, 9.17) is 0 Å². The monoisotopic (exact) mass is 240 g/mol. The Hall–Kier alpha value is -1.08. The molecule has 0 saturated carbocycles. The molecule has 0 spiro atoms. The number of benzene rings is 1. The molecule has 1 radical (unpaired) electrons. The molecular formula is C17H22N. The number of piperidine rings is 1. The topological polar surface area (TPSA) is 3.24 Å². The molecule has 0 aromatic heterocycles. The van der Waals surface area contributed by atoms with Gasteiger partial charge in [0.2, 0.25) is 0 Å². The molecule has 1 heterocycles. The van der Waals surface area contributed by atoms with Gasteiger partial charge in [0.1, 0.15) is 0 Å². The van der Waals surface area contributed by atoms with Gasteiger partial charge in [-0.1, -0.05) is 42.0 Å². The van der Waals surface area contributed by atoms with Crippen molar-refractivity contribution in [1.29, 1.82) is 0 Å². The molecule has 0 bridgehead atoms. The lowest BCUT2D eigenvalue weighted by molar-refractivity contribution is 0.197. The molecule has 1 atom stereocenters. The number of rotatable bonds is 4. The van der Waals surface area contributed by atoms with Crippen molar-refractivity contribution in [2.24, 2.45) is 0 Å². The highest BCUT2D eigenvalue weighted by Gasteiger charge is 2.26. The largest absolute Gasteiger partial charge is 0.296 e. The minimum absolute atomic E-state index is 0.662. The highest BCUT2D eigenvalue weighted by atomic mass is 15.2. The van der Waals surface area contributed by atoms with Crippen molar-refractivity contribution in [3.05, 3.63) is 54.0 Å². The Morgan fingerprint density at radius 3 is 2.33 bits per heavy atom. The summed E-state index contributed by atoms with van der Waals surface area (Å²) in [5, 5.41) is 0. The second-order valence-electron chi connectivity index (χ2n) is 5.43. The molecule has 1 unspecified atom stereocenters. The van der Waals surface area contributed by atoms with Gasteiger partial charge >= 0.3 is 0 Å². The zero-order valence-electron chi connectivity index (χ0n) is 11.0. The highest BCUT2D eigenvalue weighted by Crippen LogP contribution is 2.29. The Balaban J connectivity index is 1.73. The zero-order chi connectivity index (χ0) is 12.2. The molecule has 1 aromatic carbocycles. The van der Waals surface area contributed by atoms with Crippen LogP contribution in [0.2, 0.25) is 0 Å². The summed E-state index contributed by atoms with van der Waals surface area (Å²) in [5.41, 5.74) is 3.16. The van der Waals surface area contributed by atoms with Gasteiger partial charge in [-0.05, 0) is 57.2 Å². The molecule has 1 aliphatic carbocycles. The molecule has 3 rings (SSSR count). The first-order valence-corrected chi connectivity index (χ1v) is 7.22. The van der Waals surface area contributed by atoms with Gasteiger partial charge in [-0.25, -0.2) is 0 Å². The predicted molar refractivity (Wildman–Crippen MR) is 76.4 cm³/mol. The Labute approximate surface area is 111 Å². The van der Waals surface area contributed by atoms with Gasteiger partial charge in [-0.15, -0.1) is 0 Å². The SMILES string of the molecule is [CH]1CCN(C(Cc2ccccc2)C2=CCC2)CC1. The van der Waals surface area contributed by atoms with E-state index in [1.54, 1.807) is 5.57 Å². The Bertz CT molecular complexity index is 401. The first-order valence-electron chi connectivity index (χ1n) is 7.22. The molecule has 1 aromatic rings. The fraction of sp³-hybridized carbons (Fsp3) is 0.471. The summed E-state index contributed by atoms with van der Waals surface area (Å²) in [6.45, 7) is 2.49. The van der Waals surface area contributed by atoms with Crippen molar-refractivity contribution < 1.29 is 0 Å². The van der Waals surface area contributed by atoms with E-state index in [0.717, 1.165) is 0 Å². The van der Waals surface area contributed by atoms with Gasteiger partial charge in [0.05, 0.1) is 0 Å². The van der Waals surface area contributed by atoms with E-state index in [-0.39, 0.29) is 0 Å². The summed E-state index contributed by atoms with van der Waals surface area (Å²) in [4.78, 5) is 2.69. The van der Waals surface area contributed by atoms with Crippen LogP contribution in [0.4, 0.5) is 0 Å². The first-order chi connectivity index (χ1) is 8.93. The average Bonchev–Trinajstić information content (AvgIpc) is 2.38. The van der Waals surface area contributed by atoms with Crippen molar-refractivity contribution in [2.45, 2.75) is 38.1 Å². The highest BCUT2D eigenvalue weighted by molar-refractivity contribution is 5.25. The third-order valence-corrected chi connectivity index (χ3v) is 4.22. The van der Waals surface area contributed by atoms with Crippen molar-refractivity contribution in [1.82, 2.24) is 4.90 Å². The van der Waals surface area contributed by atoms with Crippen molar-refractivity contribution in [2.75, 3.05) is 13.1 Å². The minimum atomic E-state index is 0.662. The lowest BCUT2D eigenvalue weighted by atomic mass is 9.86. The number of likely N-dealkylation sites (tertiary alicyclic amines) is 1. The second kappa shape index (κ2) is 5.71.